The highest BCUT2D eigenvalue weighted by atomic mass is 32.2. The Morgan fingerprint density at radius 1 is 0.521 bits per heavy atom. The summed E-state index contributed by atoms with van der Waals surface area (Å²) in [6, 6.07) is 18.9. The number of nitrogens with two attached hydrogens (primary N) is 1. The van der Waals surface area contributed by atoms with Gasteiger partial charge in [0.2, 0.25) is 10.0 Å². The summed E-state index contributed by atoms with van der Waals surface area (Å²) in [5.74, 6) is -1.02. The predicted molar refractivity (Wildman–Crippen MR) is 346 cm³/mol. The Labute approximate surface area is 541 Å². The molecule has 0 bridgehead atoms. The molecule has 13 rings (SSSR count). The molecule has 94 heavy (non-hydrogen) atoms. The number of pyridine rings is 1. The monoisotopic (exact) mass is 1360 g/mol. The lowest BCUT2D eigenvalue weighted by Gasteiger charge is -2.10. The zero-order valence-corrected chi connectivity index (χ0v) is 52.0. The number of fused-ring (bicyclic) bond motifs is 5. The third-order valence-corrected chi connectivity index (χ3v) is 15.1. The van der Waals surface area contributed by atoms with Gasteiger partial charge >= 0.3 is 12.1 Å². The van der Waals surface area contributed by atoms with Crippen molar-refractivity contribution in [2.45, 2.75) is 0 Å². The lowest BCUT2D eigenvalue weighted by Crippen LogP contribution is -2.24. The highest BCUT2D eigenvalue weighted by Gasteiger charge is 2.17. The molecule has 10 N–H and O–H groups in total. The first-order valence-electron chi connectivity index (χ1n) is 26.1. The Hall–Kier alpha value is -12.5. The summed E-state index contributed by atoms with van der Waals surface area (Å²) in [5.41, 5.74) is 11.0. The van der Waals surface area contributed by atoms with Gasteiger partial charge in [0.25, 0.3) is 5.91 Å². The maximum absolute atomic E-state index is 11.7. The van der Waals surface area contributed by atoms with E-state index in [2.05, 4.69) is 129 Å². The zero-order chi connectivity index (χ0) is 66.3. The van der Waals surface area contributed by atoms with Crippen molar-refractivity contribution in [3.8, 4) is 23.0 Å². The van der Waals surface area contributed by atoms with E-state index in [1.165, 1.54) is 62.7 Å². The summed E-state index contributed by atoms with van der Waals surface area (Å²) in [7, 11) is -0.837. The van der Waals surface area contributed by atoms with Crippen LogP contribution in [0.15, 0.2) is 169 Å². The van der Waals surface area contributed by atoms with E-state index in [9.17, 15) is 43.2 Å². The van der Waals surface area contributed by atoms with Crippen molar-refractivity contribution in [2.75, 3.05) is 35.8 Å². The molecule has 0 aliphatic carbocycles. The van der Waals surface area contributed by atoms with Gasteiger partial charge in [-0.05, 0) is 113 Å². The lowest BCUT2D eigenvalue weighted by molar-refractivity contribution is 0.0997. The van der Waals surface area contributed by atoms with E-state index in [-0.39, 0.29) is 45.9 Å². The second-order valence-electron chi connectivity index (χ2n) is 18.0. The molecule has 13 aromatic rings. The van der Waals surface area contributed by atoms with Crippen LogP contribution in [0.1, 0.15) is 10.4 Å². The van der Waals surface area contributed by atoms with Crippen molar-refractivity contribution in [1.29, 1.82) is 0 Å². The second-order valence-corrected chi connectivity index (χ2v) is 22.8. The molecule has 9 aromatic heterocycles. The number of azo groups is 4. The van der Waals surface area contributed by atoms with E-state index >= 15 is 0 Å². The number of aromatic nitrogens is 13. The maximum atomic E-state index is 11.7. The number of nitrogens with zero attached hydrogens (tertiary/aromatic N) is 21. The highest BCUT2D eigenvalue weighted by Crippen LogP contribution is 2.40. The Morgan fingerprint density at radius 3 is 1.49 bits per heavy atom. The molecule has 36 nitrogen and oxygen atoms in total. The zero-order valence-electron chi connectivity index (χ0n) is 47.9. The quantitative estimate of drug-likeness (QED) is 0.0382. The van der Waals surface area contributed by atoms with Crippen LogP contribution in [-0.2, 0) is 14.8 Å². The number of amides is 4. The van der Waals surface area contributed by atoms with Gasteiger partial charge in [0, 0.05) is 67.4 Å². The second kappa shape index (κ2) is 29.4. The van der Waals surface area contributed by atoms with Crippen molar-refractivity contribution in [3.05, 3.63) is 134 Å². The number of methoxy groups -OCH3 is 1. The van der Waals surface area contributed by atoms with Crippen LogP contribution in [0.4, 0.5) is 69.7 Å². The molecule has 0 spiro atoms. The molecule has 0 aliphatic rings. The van der Waals surface area contributed by atoms with E-state index < -0.39 is 28.1 Å². The Kier molecular flexibility index (Phi) is 20.2. The number of anilines is 3. The van der Waals surface area contributed by atoms with Crippen LogP contribution in [-0.4, -0.2) is 130 Å². The van der Waals surface area contributed by atoms with Gasteiger partial charge in [-0.3, -0.25) is 20.2 Å². The minimum Gasteiger partial charge on any atom is -0.507 e. The van der Waals surface area contributed by atoms with E-state index in [1.54, 1.807) is 79.9 Å². The number of carbonyl (C=O) groups is 3. The number of hydrogen-bond donors (Lipinski definition) is 9. The molecule has 0 saturated heterocycles. The first kappa shape index (κ1) is 64.5. The summed E-state index contributed by atoms with van der Waals surface area (Å²) >= 11 is 4.47. The minimum atomic E-state index is -3.52. The molecule has 0 fully saturated rings. The van der Waals surface area contributed by atoms with Crippen molar-refractivity contribution in [3.63, 3.8) is 0 Å². The summed E-state index contributed by atoms with van der Waals surface area (Å²) in [4.78, 5) is 70.5. The van der Waals surface area contributed by atoms with Crippen molar-refractivity contribution in [2.24, 2.45) is 46.6 Å². The van der Waals surface area contributed by atoms with Gasteiger partial charge in [-0.25, -0.2) is 62.9 Å². The van der Waals surface area contributed by atoms with E-state index in [1.807, 2.05) is 0 Å². The first-order chi connectivity index (χ1) is 45.4. The number of primary amides is 1. The number of phenols is 3. The number of nitrogens with one attached hydrogen (secondary N) is 4. The van der Waals surface area contributed by atoms with Gasteiger partial charge in [-0.2, -0.15) is 17.5 Å². The molecule has 4 aromatic carbocycles. The van der Waals surface area contributed by atoms with Crippen LogP contribution in [0, 0.1) is 0 Å². The summed E-state index contributed by atoms with van der Waals surface area (Å²) in [5, 5.41) is 81.6. The molecular formula is C53H40N26O10S5. The van der Waals surface area contributed by atoms with Crippen LogP contribution < -0.4 is 26.4 Å². The third kappa shape index (κ3) is 16.1. The first-order valence-corrected chi connectivity index (χ1v) is 31.0. The van der Waals surface area contributed by atoms with Crippen LogP contribution in [0.25, 0.3) is 55.4 Å². The molecule has 9 heterocycles. The van der Waals surface area contributed by atoms with Crippen molar-refractivity contribution >= 4 is 190 Å². The molecule has 41 heteroatoms. The van der Waals surface area contributed by atoms with Crippen LogP contribution >= 0.6 is 46.1 Å². The number of aromatic hydroxyl groups is 4. The number of phenolic OH excluding ortho intramolecular Hbond substituents is 2. The van der Waals surface area contributed by atoms with E-state index in [0.717, 1.165) is 52.4 Å². The van der Waals surface area contributed by atoms with E-state index in [0.29, 0.717) is 98.2 Å². The Morgan fingerprint density at radius 2 is 0.989 bits per heavy atom. The van der Waals surface area contributed by atoms with Gasteiger partial charge in [-0.1, -0.05) is 12.1 Å². The van der Waals surface area contributed by atoms with Gasteiger partial charge in [0.05, 0.1) is 47.4 Å². The fourth-order valence-corrected chi connectivity index (χ4v) is 10.5. The molecule has 472 valence electrons. The van der Waals surface area contributed by atoms with Gasteiger partial charge < -0.3 is 36.2 Å². The lowest BCUT2D eigenvalue weighted by atomic mass is 10.1. The third-order valence-electron chi connectivity index (χ3n) is 11.7. The molecule has 0 saturated carbocycles. The maximum Gasteiger partial charge on any atom is 0.411 e. The standard InChI is InChI=1S/C16H12N6O3S2.C13H10N6O3S.C12H10N8O2S.C12H8N6O2S/c1-27(24,25)22-11-4-2-3-9-12(23)6-5-10(13(9)11)19-20-16-14-15(21-26-16)18-8-7-17-14;1-22-13(21)16-8-6-7(2-3-9(8)20)17-18-12-10-11(19-23-12)15-5-4-14-10;1-13-12(22)17-9-6(21)2-3-7(16-9)18-19-11-8-10(20-23-11)15-5-4-14-8;13-10(20)7-5-6(1-2-8(7)19)16-17-12-9-11(18-21-12)15-4-3-14-9/h2-8,22-23H,1H3;2-6,20H,1H3,(H,16,21);2-5,21H,1H3,(H2,13,16,17,22);1-5,19H,(H2,13,20). The normalized spacial score (nSPS) is 11.4. The molecule has 4 amide bonds. The highest BCUT2D eigenvalue weighted by molar-refractivity contribution is 7.92. The molecule has 0 aliphatic heterocycles. The topological polar surface area (TPSA) is 516 Å². The molecular weight excluding hydrogens is 1320 g/mol. The summed E-state index contributed by atoms with van der Waals surface area (Å²) < 4.78 is 46.7. The minimum absolute atomic E-state index is 0.00945. The number of sulfonamides is 1. The van der Waals surface area contributed by atoms with Crippen LogP contribution in [0.3, 0.4) is 0 Å². The van der Waals surface area contributed by atoms with Crippen LogP contribution in [0.5, 0.6) is 23.0 Å². The van der Waals surface area contributed by atoms with E-state index in [4.69, 9.17) is 5.73 Å². The number of benzene rings is 4. The smallest absolute Gasteiger partial charge is 0.411 e. The van der Waals surface area contributed by atoms with Crippen molar-refractivity contribution < 1.29 is 48.0 Å². The number of hydrogen-bond acceptors (Lipinski definition) is 35. The fourth-order valence-electron chi connectivity index (χ4n) is 7.51. The average molecular weight is 1360 g/mol. The fraction of sp³-hybridized carbons (Fsp3) is 0.0566. The average Bonchev–Trinajstić information content (AvgIpc) is 1.27. The Balaban J connectivity index is 0.000000137. The number of carbonyl (C=O) groups excluding carboxylic acids is 3. The largest absolute Gasteiger partial charge is 0.507 e. The predicted octanol–water partition coefficient (Wildman–Crippen LogP) is 11.8. The van der Waals surface area contributed by atoms with Gasteiger partial charge in [0.1, 0.15) is 39.3 Å². The van der Waals surface area contributed by atoms with Gasteiger partial charge in [-0.15, -0.1) is 40.9 Å². The molecule has 0 unspecified atom stereocenters. The Bertz CT molecular complexity index is 5070. The SMILES string of the molecule is CNC(=O)Nc1nc(N=Nc2snc3nccnc23)ccc1O.COC(=O)Nc1cc(N=Nc2snc3nccnc23)ccc1O.CS(=O)(=O)Nc1cccc2c(O)ccc(N=Nc3snc4nccnc34)c12.NC(=O)c1cc(N=Nc2snc3nccnc23)ccc1O. The molecule has 0 radical (unpaired) electrons. The number of ether oxygens (including phenoxy) is 1. The number of rotatable bonds is 13. The summed E-state index contributed by atoms with van der Waals surface area (Å²) in [6.45, 7) is 0. The number of urea groups is 1. The molecule has 0 atom stereocenters. The van der Waals surface area contributed by atoms with Crippen LogP contribution in [0.2, 0.25) is 0 Å². The van der Waals surface area contributed by atoms with Gasteiger partial charge in [0.15, 0.2) is 60.0 Å². The van der Waals surface area contributed by atoms with Crippen molar-refractivity contribution in [1.82, 2.24) is 67.7 Å². The summed E-state index contributed by atoms with van der Waals surface area (Å²) in [6.07, 6.45) is 12.7.